The van der Waals surface area contributed by atoms with Crippen molar-refractivity contribution in [2.45, 2.75) is 20.0 Å². The molecule has 2 N–H and O–H groups in total. The van der Waals surface area contributed by atoms with Crippen molar-refractivity contribution < 1.29 is 14.3 Å². The van der Waals surface area contributed by atoms with Gasteiger partial charge < -0.3 is 15.4 Å². The number of carbonyl (C=O) groups excluding carboxylic acids is 2. The molecule has 3 aromatic carbocycles. The highest BCUT2D eigenvalue weighted by Gasteiger charge is 2.24. The fourth-order valence-corrected chi connectivity index (χ4v) is 3.66. The summed E-state index contributed by atoms with van der Waals surface area (Å²) < 4.78 is 7.29. The van der Waals surface area contributed by atoms with Crippen LogP contribution in [-0.4, -0.2) is 27.7 Å². The summed E-state index contributed by atoms with van der Waals surface area (Å²) in [6.45, 7) is 3.70. The van der Waals surface area contributed by atoms with E-state index >= 15 is 0 Å². The van der Waals surface area contributed by atoms with E-state index in [4.69, 9.17) is 9.84 Å². The molecule has 0 bridgehead atoms. The Kier molecular flexibility index (Phi) is 5.14. The first kappa shape index (κ1) is 20.5. The van der Waals surface area contributed by atoms with Crippen LogP contribution in [0, 0.1) is 6.92 Å². The smallest absolute Gasteiger partial charge is 0.265 e. The fourth-order valence-electron chi connectivity index (χ4n) is 3.66. The normalized spacial score (nSPS) is 14.7. The molecule has 0 spiro atoms. The van der Waals surface area contributed by atoms with Crippen LogP contribution in [0.2, 0.25) is 0 Å². The molecule has 2 heterocycles. The second kappa shape index (κ2) is 8.27. The number of hydrogen-bond acceptors (Lipinski definition) is 4. The molecule has 5 rings (SSSR count). The van der Waals surface area contributed by atoms with Crippen LogP contribution in [0.15, 0.2) is 79.0 Å². The van der Waals surface area contributed by atoms with Crippen molar-refractivity contribution in [1.82, 2.24) is 9.78 Å². The Morgan fingerprint density at radius 2 is 1.82 bits per heavy atom. The predicted molar refractivity (Wildman–Crippen MR) is 127 cm³/mol. The molecule has 1 aromatic heterocycles. The minimum atomic E-state index is -0.557. The number of amides is 2. The van der Waals surface area contributed by atoms with Gasteiger partial charge in [0.25, 0.3) is 11.8 Å². The summed E-state index contributed by atoms with van der Waals surface area (Å²) in [6, 6.07) is 22.7. The number of anilines is 2. The van der Waals surface area contributed by atoms with E-state index in [1.807, 2.05) is 61.5 Å². The van der Waals surface area contributed by atoms with Crippen molar-refractivity contribution in [2.24, 2.45) is 0 Å². The first-order valence-corrected chi connectivity index (χ1v) is 10.6. The second-order valence-corrected chi connectivity index (χ2v) is 7.95. The molecule has 164 valence electrons. The molecule has 1 aliphatic heterocycles. The lowest BCUT2D eigenvalue weighted by molar-refractivity contribution is -0.122. The lowest BCUT2D eigenvalue weighted by Crippen LogP contribution is -2.34. The monoisotopic (exact) mass is 438 g/mol. The number of nitrogens with one attached hydrogen (secondary N) is 2. The highest BCUT2D eigenvalue weighted by Crippen LogP contribution is 2.33. The van der Waals surface area contributed by atoms with Gasteiger partial charge in [0.05, 0.1) is 16.9 Å². The van der Waals surface area contributed by atoms with Gasteiger partial charge in [0.15, 0.2) is 6.10 Å². The number of ether oxygens (including phenoxy) is 1. The average Bonchev–Trinajstić information content (AvgIpc) is 3.27. The molecule has 0 saturated heterocycles. The minimum absolute atomic E-state index is 0.225. The van der Waals surface area contributed by atoms with Gasteiger partial charge in [0.1, 0.15) is 11.4 Å². The zero-order valence-electron chi connectivity index (χ0n) is 18.2. The zero-order chi connectivity index (χ0) is 22.9. The Morgan fingerprint density at radius 1 is 1.06 bits per heavy atom. The molecule has 0 aliphatic carbocycles. The van der Waals surface area contributed by atoms with E-state index in [0.717, 1.165) is 16.8 Å². The number of carbonyl (C=O) groups is 2. The van der Waals surface area contributed by atoms with E-state index in [1.54, 1.807) is 36.0 Å². The molecule has 1 atom stereocenters. The maximum atomic E-state index is 13.3. The second-order valence-electron chi connectivity index (χ2n) is 7.95. The van der Waals surface area contributed by atoms with E-state index in [2.05, 4.69) is 10.6 Å². The van der Waals surface area contributed by atoms with Crippen molar-refractivity contribution in [2.75, 3.05) is 10.6 Å². The van der Waals surface area contributed by atoms with Crippen molar-refractivity contribution in [1.29, 1.82) is 0 Å². The van der Waals surface area contributed by atoms with Crippen LogP contribution < -0.4 is 15.4 Å². The van der Waals surface area contributed by atoms with Crippen LogP contribution >= 0.6 is 0 Å². The fraction of sp³-hybridized carbons (Fsp3) is 0.115. The van der Waals surface area contributed by atoms with Crippen molar-refractivity contribution in [3.63, 3.8) is 0 Å². The molecule has 33 heavy (non-hydrogen) atoms. The van der Waals surface area contributed by atoms with Gasteiger partial charge in [-0.25, -0.2) is 4.68 Å². The number of aryl methyl sites for hydroxylation is 1. The zero-order valence-corrected chi connectivity index (χ0v) is 18.2. The molecular weight excluding hydrogens is 416 g/mol. The lowest BCUT2D eigenvalue weighted by Gasteiger charge is -2.23. The van der Waals surface area contributed by atoms with Crippen LogP contribution in [0.25, 0.3) is 16.9 Å². The summed E-state index contributed by atoms with van der Waals surface area (Å²) in [5.41, 5.74) is 4.91. The summed E-state index contributed by atoms with van der Waals surface area (Å²) in [7, 11) is 0. The summed E-state index contributed by atoms with van der Waals surface area (Å²) in [4.78, 5) is 25.3. The van der Waals surface area contributed by atoms with Gasteiger partial charge >= 0.3 is 0 Å². The molecule has 7 nitrogen and oxygen atoms in total. The van der Waals surface area contributed by atoms with E-state index < -0.39 is 6.10 Å². The molecule has 0 saturated carbocycles. The molecule has 1 aliphatic rings. The molecular formula is C26H22N4O3. The van der Waals surface area contributed by atoms with Gasteiger partial charge in [-0.2, -0.15) is 5.10 Å². The number of para-hydroxylation sites is 1. The predicted octanol–water partition coefficient (Wildman–Crippen LogP) is 4.82. The Balaban J connectivity index is 1.49. The molecule has 0 fully saturated rings. The quantitative estimate of drug-likeness (QED) is 0.478. The topological polar surface area (TPSA) is 85.3 Å². The standard InChI is InChI=1S/C26H22N4O3/c1-16-8-10-18(11-9-16)24-21(15-30(29-24)20-6-4-3-5-7-20)26(32)27-19-12-13-23-22(14-19)28-25(31)17(2)33-23/h3-15,17H,1-2H3,(H,27,32)(H,28,31)/t17-/m1/s1. The van der Waals surface area contributed by atoms with Gasteiger partial charge in [0, 0.05) is 17.4 Å². The molecule has 0 radical (unpaired) electrons. The van der Waals surface area contributed by atoms with Gasteiger partial charge in [-0.15, -0.1) is 0 Å². The van der Waals surface area contributed by atoms with E-state index in [0.29, 0.717) is 28.4 Å². The highest BCUT2D eigenvalue weighted by molar-refractivity contribution is 6.08. The third kappa shape index (κ3) is 4.08. The van der Waals surface area contributed by atoms with Gasteiger partial charge in [-0.05, 0) is 44.2 Å². The molecule has 4 aromatic rings. The van der Waals surface area contributed by atoms with Crippen molar-refractivity contribution in [3.8, 4) is 22.7 Å². The van der Waals surface area contributed by atoms with E-state index in [1.165, 1.54) is 0 Å². The Morgan fingerprint density at radius 3 is 2.58 bits per heavy atom. The Bertz CT molecular complexity index is 1340. The number of rotatable bonds is 4. The van der Waals surface area contributed by atoms with Crippen LogP contribution in [-0.2, 0) is 4.79 Å². The van der Waals surface area contributed by atoms with Crippen LogP contribution in [0.5, 0.6) is 5.75 Å². The summed E-state index contributed by atoms with van der Waals surface area (Å²) >= 11 is 0. The van der Waals surface area contributed by atoms with Gasteiger partial charge in [-0.1, -0.05) is 48.0 Å². The van der Waals surface area contributed by atoms with Crippen molar-refractivity contribution in [3.05, 3.63) is 90.1 Å². The third-order valence-electron chi connectivity index (χ3n) is 5.47. The number of benzene rings is 3. The van der Waals surface area contributed by atoms with E-state index in [-0.39, 0.29) is 11.8 Å². The summed E-state index contributed by atoms with van der Waals surface area (Å²) in [5.74, 6) is 0.0400. The van der Waals surface area contributed by atoms with Gasteiger partial charge in [0.2, 0.25) is 0 Å². The van der Waals surface area contributed by atoms with Crippen LogP contribution in [0.3, 0.4) is 0 Å². The Hall–Kier alpha value is -4.39. The molecule has 7 heteroatoms. The van der Waals surface area contributed by atoms with Crippen molar-refractivity contribution >= 4 is 23.2 Å². The largest absolute Gasteiger partial charge is 0.479 e. The van der Waals surface area contributed by atoms with E-state index in [9.17, 15) is 9.59 Å². The minimum Gasteiger partial charge on any atom is -0.479 e. The molecule has 2 amide bonds. The summed E-state index contributed by atoms with van der Waals surface area (Å²) in [6.07, 6.45) is 1.17. The maximum Gasteiger partial charge on any atom is 0.265 e. The third-order valence-corrected chi connectivity index (χ3v) is 5.47. The Labute approximate surface area is 191 Å². The van der Waals surface area contributed by atoms with Crippen LogP contribution in [0.4, 0.5) is 11.4 Å². The number of fused-ring (bicyclic) bond motifs is 1. The van der Waals surface area contributed by atoms with Crippen LogP contribution in [0.1, 0.15) is 22.8 Å². The first-order valence-electron chi connectivity index (χ1n) is 10.6. The highest BCUT2D eigenvalue weighted by atomic mass is 16.5. The number of aromatic nitrogens is 2. The summed E-state index contributed by atoms with van der Waals surface area (Å²) in [5, 5.41) is 10.4. The average molecular weight is 438 g/mol. The molecule has 0 unspecified atom stereocenters. The first-order chi connectivity index (χ1) is 16.0. The number of nitrogens with zero attached hydrogens (tertiary/aromatic N) is 2. The maximum absolute atomic E-state index is 13.3. The SMILES string of the molecule is Cc1ccc(-c2nn(-c3ccccc3)cc2C(=O)Nc2ccc3c(c2)NC(=O)[C@@H](C)O3)cc1. The van der Waals surface area contributed by atoms with Gasteiger partial charge in [-0.3, -0.25) is 9.59 Å². The number of hydrogen-bond donors (Lipinski definition) is 2. The lowest BCUT2D eigenvalue weighted by atomic mass is 10.1.